The second-order valence-corrected chi connectivity index (χ2v) is 6.73. The van der Waals surface area contributed by atoms with E-state index >= 15 is 0 Å². The van der Waals surface area contributed by atoms with E-state index in [-0.39, 0.29) is 18.1 Å². The Kier molecular flexibility index (Phi) is 5.33. The van der Waals surface area contributed by atoms with Crippen LogP contribution in [0.1, 0.15) is 31.7 Å². The smallest absolute Gasteiger partial charge is 0.317 e. The number of nitrogens with zero attached hydrogens (tertiary/aromatic N) is 4. The first-order chi connectivity index (χ1) is 12.2. The number of aliphatic hydroxyl groups excluding tert-OH is 1. The van der Waals surface area contributed by atoms with Crippen molar-refractivity contribution in [3.8, 4) is 5.82 Å². The Balaban J connectivity index is 1.52. The summed E-state index contributed by atoms with van der Waals surface area (Å²) < 4.78 is 1.83. The van der Waals surface area contributed by atoms with Crippen molar-refractivity contribution >= 4 is 6.03 Å². The second kappa shape index (κ2) is 7.65. The molecule has 2 aromatic heterocycles. The van der Waals surface area contributed by atoms with Crippen LogP contribution in [0.3, 0.4) is 0 Å². The normalized spacial score (nSPS) is 20.0. The van der Waals surface area contributed by atoms with Crippen LogP contribution in [0.4, 0.5) is 4.79 Å². The third-order valence-corrected chi connectivity index (χ3v) is 4.86. The zero-order valence-electron chi connectivity index (χ0n) is 14.6. The molecule has 1 aliphatic rings. The van der Waals surface area contributed by atoms with Gasteiger partial charge in [0.2, 0.25) is 0 Å². The quantitative estimate of drug-likeness (QED) is 0.840. The van der Waals surface area contributed by atoms with Gasteiger partial charge in [-0.25, -0.2) is 14.8 Å². The average molecular weight is 343 g/mol. The number of rotatable bonds is 6. The highest BCUT2D eigenvalue weighted by molar-refractivity contribution is 5.74. The Morgan fingerprint density at radius 2 is 2.32 bits per heavy atom. The fraction of sp³-hybridized carbons (Fsp3) is 0.500. The predicted octanol–water partition coefficient (Wildman–Crippen LogP) is 1.96. The van der Waals surface area contributed by atoms with Gasteiger partial charge in [0.25, 0.3) is 0 Å². The van der Waals surface area contributed by atoms with Crippen LogP contribution in [-0.2, 0) is 6.54 Å². The molecule has 1 atom stereocenters. The van der Waals surface area contributed by atoms with Gasteiger partial charge in [0.1, 0.15) is 12.1 Å². The summed E-state index contributed by atoms with van der Waals surface area (Å²) in [5.41, 5.74) is 0.818. The molecule has 3 heterocycles. The van der Waals surface area contributed by atoms with E-state index in [1.165, 1.54) is 0 Å². The molecule has 2 aromatic rings. The fourth-order valence-corrected chi connectivity index (χ4v) is 3.41. The SMILES string of the molecule is CCCC1(CO)CCN(C(=O)NCc2ccc(-n3ccnc3)nc2)C1. The summed E-state index contributed by atoms with van der Waals surface area (Å²) in [4.78, 5) is 22.6. The second-order valence-electron chi connectivity index (χ2n) is 6.73. The van der Waals surface area contributed by atoms with Crippen LogP contribution in [0.2, 0.25) is 0 Å². The maximum atomic E-state index is 12.4. The lowest BCUT2D eigenvalue weighted by Gasteiger charge is -2.26. The summed E-state index contributed by atoms with van der Waals surface area (Å²) in [6.07, 6.45) is 9.83. The fourth-order valence-electron chi connectivity index (χ4n) is 3.41. The summed E-state index contributed by atoms with van der Waals surface area (Å²) in [5, 5.41) is 12.6. The van der Waals surface area contributed by atoms with E-state index in [0.717, 1.165) is 30.6 Å². The molecule has 2 N–H and O–H groups in total. The van der Waals surface area contributed by atoms with Crippen molar-refractivity contribution in [2.75, 3.05) is 19.7 Å². The highest BCUT2D eigenvalue weighted by atomic mass is 16.3. The van der Waals surface area contributed by atoms with Crippen LogP contribution in [0, 0.1) is 5.41 Å². The number of pyridine rings is 1. The molecule has 134 valence electrons. The number of carbonyl (C=O) groups is 1. The molecule has 0 radical (unpaired) electrons. The van der Waals surface area contributed by atoms with Crippen molar-refractivity contribution in [2.24, 2.45) is 5.41 Å². The molecule has 0 aliphatic carbocycles. The lowest BCUT2D eigenvalue weighted by molar-refractivity contribution is 0.120. The van der Waals surface area contributed by atoms with Gasteiger partial charge in [-0.05, 0) is 24.5 Å². The van der Waals surface area contributed by atoms with Crippen LogP contribution in [-0.4, -0.2) is 50.3 Å². The van der Waals surface area contributed by atoms with Crippen molar-refractivity contribution in [2.45, 2.75) is 32.7 Å². The molecule has 2 amide bonds. The standard InChI is InChI=1S/C18H25N5O2/c1-2-5-18(13-24)6-8-22(12-18)17(25)21-11-15-3-4-16(20-10-15)23-9-7-19-14-23/h3-4,7,9-10,14,24H,2,5-6,8,11-13H2,1H3,(H,21,25). The molecule has 1 saturated heterocycles. The van der Waals surface area contributed by atoms with Crippen LogP contribution < -0.4 is 5.32 Å². The van der Waals surface area contributed by atoms with E-state index in [2.05, 4.69) is 22.2 Å². The van der Waals surface area contributed by atoms with Gasteiger partial charge < -0.3 is 15.3 Å². The minimum absolute atomic E-state index is 0.0786. The van der Waals surface area contributed by atoms with Gasteiger partial charge in [-0.1, -0.05) is 19.4 Å². The van der Waals surface area contributed by atoms with Gasteiger partial charge in [-0.2, -0.15) is 0 Å². The first-order valence-corrected chi connectivity index (χ1v) is 8.73. The van der Waals surface area contributed by atoms with Crippen LogP contribution >= 0.6 is 0 Å². The monoisotopic (exact) mass is 343 g/mol. The molecule has 0 bridgehead atoms. The van der Waals surface area contributed by atoms with E-state index in [1.54, 1.807) is 23.6 Å². The van der Waals surface area contributed by atoms with Crippen molar-refractivity contribution in [1.82, 2.24) is 24.8 Å². The highest BCUT2D eigenvalue weighted by Crippen LogP contribution is 2.34. The summed E-state index contributed by atoms with van der Waals surface area (Å²) in [7, 11) is 0. The number of nitrogens with one attached hydrogen (secondary N) is 1. The van der Waals surface area contributed by atoms with Crippen LogP contribution in [0.25, 0.3) is 5.82 Å². The van der Waals surface area contributed by atoms with Crippen molar-refractivity contribution in [3.63, 3.8) is 0 Å². The van der Waals surface area contributed by atoms with Gasteiger partial charge >= 0.3 is 6.03 Å². The Morgan fingerprint density at radius 1 is 1.44 bits per heavy atom. The Labute approximate surface area is 147 Å². The maximum Gasteiger partial charge on any atom is 0.317 e. The summed E-state index contributed by atoms with van der Waals surface area (Å²) in [6.45, 7) is 4.02. The number of urea groups is 1. The molecule has 7 nitrogen and oxygen atoms in total. The van der Waals surface area contributed by atoms with E-state index in [4.69, 9.17) is 0 Å². The largest absolute Gasteiger partial charge is 0.396 e. The summed E-state index contributed by atoms with van der Waals surface area (Å²) in [5.74, 6) is 0.791. The Hall–Kier alpha value is -2.41. The first kappa shape index (κ1) is 17.4. The van der Waals surface area contributed by atoms with Gasteiger partial charge in [0.05, 0.1) is 6.61 Å². The number of likely N-dealkylation sites (tertiary alicyclic amines) is 1. The third kappa shape index (κ3) is 3.99. The molecule has 0 saturated carbocycles. The number of hydrogen-bond acceptors (Lipinski definition) is 4. The molecule has 7 heteroatoms. The van der Waals surface area contributed by atoms with Gasteiger partial charge in [-0.15, -0.1) is 0 Å². The lowest BCUT2D eigenvalue weighted by Crippen LogP contribution is -2.40. The number of carbonyl (C=O) groups excluding carboxylic acids is 1. The zero-order chi connectivity index (χ0) is 17.7. The minimum Gasteiger partial charge on any atom is -0.396 e. The first-order valence-electron chi connectivity index (χ1n) is 8.73. The van der Waals surface area contributed by atoms with Gasteiger partial charge in [-0.3, -0.25) is 4.57 Å². The highest BCUT2D eigenvalue weighted by Gasteiger charge is 2.38. The molecular weight excluding hydrogens is 318 g/mol. The molecular formula is C18H25N5O2. The number of aromatic nitrogens is 3. The molecule has 0 aromatic carbocycles. The predicted molar refractivity (Wildman–Crippen MR) is 94.2 cm³/mol. The minimum atomic E-state index is -0.125. The third-order valence-electron chi connectivity index (χ3n) is 4.86. The molecule has 1 fully saturated rings. The molecule has 3 rings (SSSR count). The van der Waals surface area contributed by atoms with E-state index < -0.39 is 0 Å². The number of imidazole rings is 1. The van der Waals surface area contributed by atoms with Gasteiger partial charge in [0, 0.05) is 43.6 Å². The average Bonchev–Trinajstić information content (AvgIpc) is 3.31. The maximum absolute atomic E-state index is 12.4. The lowest BCUT2D eigenvalue weighted by atomic mass is 9.83. The van der Waals surface area contributed by atoms with Crippen molar-refractivity contribution in [1.29, 1.82) is 0 Å². The van der Waals surface area contributed by atoms with Crippen LogP contribution in [0.5, 0.6) is 0 Å². The molecule has 0 spiro atoms. The topological polar surface area (TPSA) is 83.3 Å². The van der Waals surface area contributed by atoms with E-state index in [9.17, 15) is 9.90 Å². The molecule has 25 heavy (non-hydrogen) atoms. The van der Waals surface area contributed by atoms with Gasteiger partial charge in [0.15, 0.2) is 0 Å². The number of hydrogen-bond donors (Lipinski definition) is 2. The van der Waals surface area contributed by atoms with E-state index in [1.807, 2.05) is 22.9 Å². The number of amides is 2. The zero-order valence-corrected chi connectivity index (χ0v) is 14.6. The molecule has 1 aliphatic heterocycles. The van der Waals surface area contributed by atoms with Crippen molar-refractivity contribution < 1.29 is 9.90 Å². The summed E-state index contributed by atoms with van der Waals surface area (Å²) >= 11 is 0. The van der Waals surface area contributed by atoms with E-state index in [0.29, 0.717) is 19.6 Å². The Bertz CT molecular complexity index is 686. The van der Waals surface area contributed by atoms with Crippen molar-refractivity contribution in [3.05, 3.63) is 42.6 Å². The Morgan fingerprint density at radius 3 is 2.96 bits per heavy atom. The summed E-state index contributed by atoms with van der Waals surface area (Å²) in [6, 6.07) is 3.77. The van der Waals surface area contributed by atoms with Crippen LogP contribution in [0.15, 0.2) is 37.1 Å². The molecule has 1 unspecified atom stereocenters. The number of aliphatic hydroxyl groups is 1.